The van der Waals surface area contributed by atoms with Crippen molar-refractivity contribution < 1.29 is 0 Å². The van der Waals surface area contributed by atoms with Gasteiger partial charge in [0, 0.05) is 23.7 Å². The summed E-state index contributed by atoms with van der Waals surface area (Å²) in [7, 11) is 0. The molecule has 0 spiro atoms. The fourth-order valence-electron chi connectivity index (χ4n) is 2.71. The Labute approximate surface area is 147 Å². The lowest BCUT2D eigenvalue weighted by Gasteiger charge is -2.05. The molecule has 3 heterocycles. The van der Waals surface area contributed by atoms with Crippen LogP contribution in [-0.2, 0) is 6.54 Å². The van der Waals surface area contributed by atoms with Crippen molar-refractivity contribution in [1.29, 1.82) is 0 Å². The fourth-order valence-corrected chi connectivity index (χ4v) is 3.47. The van der Waals surface area contributed by atoms with Crippen molar-refractivity contribution in [3.05, 3.63) is 58.4 Å². The number of benzene rings is 1. The van der Waals surface area contributed by atoms with E-state index in [4.69, 9.17) is 0 Å². The summed E-state index contributed by atoms with van der Waals surface area (Å²) in [6, 6.07) is 9.34. The average Bonchev–Trinajstić information content (AvgIpc) is 3.00. The summed E-state index contributed by atoms with van der Waals surface area (Å²) in [4.78, 5) is 25.6. The van der Waals surface area contributed by atoms with E-state index in [1.165, 1.54) is 11.8 Å². The maximum Gasteiger partial charge on any atom is 0.261 e. The molecule has 0 amide bonds. The number of aromatic nitrogens is 6. The Hall–Kier alpha value is -2.74. The van der Waals surface area contributed by atoms with Crippen LogP contribution in [0.5, 0.6) is 0 Å². The Balaban J connectivity index is 1.52. The highest BCUT2D eigenvalue weighted by Gasteiger charge is 2.09. The van der Waals surface area contributed by atoms with E-state index in [0.29, 0.717) is 28.6 Å². The van der Waals surface area contributed by atoms with E-state index in [1.54, 1.807) is 21.5 Å². The van der Waals surface area contributed by atoms with Crippen LogP contribution in [0.2, 0.25) is 0 Å². The Morgan fingerprint density at radius 1 is 1.16 bits per heavy atom. The van der Waals surface area contributed by atoms with Gasteiger partial charge in [0.05, 0.1) is 17.2 Å². The number of fused-ring (bicyclic) bond motifs is 2. The molecular weight excluding hydrogens is 336 g/mol. The van der Waals surface area contributed by atoms with Crippen molar-refractivity contribution in [2.75, 3.05) is 5.75 Å². The molecular formula is C17H16N6OS. The smallest absolute Gasteiger partial charge is 0.261 e. The van der Waals surface area contributed by atoms with Crippen LogP contribution in [0.25, 0.3) is 16.7 Å². The van der Waals surface area contributed by atoms with Crippen molar-refractivity contribution in [2.45, 2.75) is 25.5 Å². The summed E-state index contributed by atoms with van der Waals surface area (Å²) >= 11 is 1.50. The third kappa shape index (κ3) is 3.00. The van der Waals surface area contributed by atoms with Gasteiger partial charge in [0.2, 0.25) is 5.16 Å². The summed E-state index contributed by atoms with van der Waals surface area (Å²) in [5.41, 5.74) is 2.61. The third-order valence-electron chi connectivity index (χ3n) is 3.89. The number of hydrogen-bond acceptors (Lipinski definition) is 6. The molecule has 0 aliphatic heterocycles. The van der Waals surface area contributed by atoms with Crippen LogP contribution in [0.4, 0.5) is 0 Å². The highest BCUT2D eigenvalue weighted by atomic mass is 32.2. The molecule has 126 valence electrons. The molecule has 25 heavy (non-hydrogen) atoms. The normalized spacial score (nSPS) is 11.4. The molecule has 0 aliphatic carbocycles. The Bertz CT molecular complexity index is 1130. The minimum Gasteiger partial charge on any atom is -0.298 e. The number of para-hydroxylation sites is 1. The van der Waals surface area contributed by atoms with Crippen molar-refractivity contribution in [3.63, 3.8) is 0 Å². The van der Waals surface area contributed by atoms with Gasteiger partial charge in [0.15, 0.2) is 0 Å². The molecule has 0 unspecified atom stereocenters. The average molecular weight is 352 g/mol. The lowest BCUT2D eigenvalue weighted by molar-refractivity contribution is 0.723. The summed E-state index contributed by atoms with van der Waals surface area (Å²) in [6.07, 6.45) is 1.59. The summed E-state index contributed by atoms with van der Waals surface area (Å²) in [5, 5.41) is 5.75. The number of rotatable bonds is 4. The van der Waals surface area contributed by atoms with Gasteiger partial charge < -0.3 is 0 Å². The Morgan fingerprint density at radius 3 is 2.88 bits per heavy atom. The third-order valence-corrected chi connectivity index (χ3v) is 4.71. The second-order valence-corrected chi connectivity index (χ2v) is 6.82. The van der Waals surface area contributed by atoms with Gasteiger partial charge in [-0.05, 0) is 32.0 Å². The van der Waals surface area contributed by atoms with Gasteiger partial charge in [0.1, 0.15) is 0 Å². The van der Waals surface area contributed by atoms with Gasteiger partial charge >= 0.3 is 0 Å². The molecule has 1 aromatic carbocycles. The quantitative estimate of drug-likeness (QED) is 0.524. The number of nitrogens with zero attached hydrogens (tertiary/aromatic N) is 6. The van der Waals surface area contributed by atoms with Gasteiger partial charge in [-0.15, -0.1) is 5.10 Å². The minimum absolute atomic E-state index is 0.0257. The molecule has 0 radical (unpaired) electrons. The monoisotopic (exact) mass is 352 g/mol. The highest BCUT2D eigenvalue weighted by molar-refractivity contribution is 7.99. The zero-order valence-electron chi connectivity index (χ0n) is 13.9. The summed E-state index contributed by atoms with van der Waals surface area (Å²) in [5.74, 6) is 1.28. The zero-order valence-corrected chi connectivity index (χ0v) is 14.7. The molecule has 0 fully saturated rings. The van der Waals surface area contributed by atoms with Crippen LogP contribution in [0.3, 0.4) is 0 Å². The zero-order chi connectivity index (χ0) is 17.4. The second kappa shape index (κ2) is 6.29. The predicted octanol–water partition coefficient (Wildman–Crippen LogP) is 2.24. The molecule has 8 heteroatoms. The second-order valence-electron chi connectivity index (χ2n) is 5.75. The van der Waals surface area contributed by atoms with E-state index in [2.05, 4.69) is 20.1 Å². The van der Waals surface area contributed by atoms with Gasteiger partial charge in [0.25, 0.3) is 11.3 Å². The molecule has 4 rings (SSSR count). The lowest BCUT2D eigenvalue weighted by Crippen LogP contribution is -2.21. The lowest BCUT2D eigenvalue weighted by atomic mass is 10.2. The summed E-state index contributed by atoms with van der Waals surface area (Å²) < 4.78 is 3.36. The van der Waals surface area contributed by atoms with E-state index in [1.807, 2.05) is 38.1 Å². The van der Waals surface area contributed by atoms with E-state index < -0.39 is 0 Å². The molecule has 0 N–H and O–H groups in total. The van der Waals surface area contributed by atoms with Crippen LogP contribution >= 0.6 is 11.8 Å². The van der Waals surface area contributed by atoms with Crippen molar-refractivity contribution in [3.8, 4) is 0 Å². The number of thioether (sulfide) groups is 1. The SMILES string of the molecule is Cc1cc(C)n2nc(SCCn3cnc4ccccc4c3=O)nc2n1. The van der Waals surface area contributed by atoms with E-state index in [0.717, 1.165) is 16.9 Å². The molecule has 4 aromatic rings. The molecule has 3 aromatic heterocycles. The first-order valence-electron chi connectivity index (χ1n) is 7.90. The number of aryl methyl sites for hydroxylation is 3. The van der Waals surface area contributed by atoms with Crippen molar-refractivity contribution >= 4 is 28.4 Å². The van der Waals surface area contributed by atoms with Gasteiger partial charge in [-0.3, -0.25) is 9.36 Å². The predicted molar refractivity (Wildman–Crippen MR) is 97.0 cm³/mol. The van der Waals surface area contributed by atoms with Crippen LogP contribution in [0.1, 0.15) is 11.4 Å². The highest BCUT2D eigenvalue weighted by Crippen LogP contribution is 2.15. The van der Waals surface area contributed by atoms with Gasteiger partial charge in [-0.25, -0.2) is 14.5 Å². The van der Waals surface area contributed by atoms with Gasteiger partial charge in [-0.1, -0.05) is 23.9 Å². The Kier molecular flexibility index (Phi) is 3.96. The van der Waals surface area contributed by atoms with E-state index >= 15 is 0 Å². The van der Waals surface area contributed by atoms with Crippen molar-refractivity contribution in [2.24, 2.45) is 0 Å². The number of hydrogen-bond donors (Lipinski definition) is 0. The van der Waals surface area contributed by atoms with Crippen LogP contribution in [0, 0.1) is 13.8 Å². The minimum atomic E-state index is -0.0257. The standard InChI is InChI=1S/C17H16N6OS/c1-11-9-12(2)23-16(19-11)20-17(21-23)25-8-7-22-10-18-14-6-4-3-5-13(14)15(22)24/h3-6,9-10H,7-8H2,1-2H3. The molecule has 0 saturated carbocycles. The van der Waals surface area contributed by atoms with E-state index in [-0.39, 0.29) is 5.56 Å². The van der Waals surface area contributed by atoms with Crippen LogP contribution in [0.15, 0.2) is 46.6 Å². The Morgan fingerprint density at radius 2 is 2.00 bits per heavy atom. The molecule has 0 saturated heterocycles. The molecule has 0 aliphatic rings. The van der Waals surface area contributed by atoms with Crippen molar-refractivity contribution in [1.82, 2.24) is 29.1 Å². The first-order chi connectivity index (χ1) is 12.1. The summed E-state index contributed by atoms with van der Waals surface area (Å²) in [6.45, 7) is 4.46. The fraction of sp³-hybridized carbons (Fsp3) is 0.235. The topological polar surface area (TPSA) is 78.0 Å². The van der Waals surface area contributed by atoms with Gasteiger partial charge in [-0.2, -0.15) is 4.98 Å². The van der Waals surface area contributed by atoms with Crippen LogP contribution in [-0.4, -0.2) is 34.9 Å². The first-order valence-corrected chi connectivity index (χ1v) is 8.88. The first kappa shape index (κ1) is 15.8. The van der Waals surface area contributed by atoms with Crippen LogP contribution < -0.4 is 5.56 Å². The molecule has 7 nitrogen and oxygen atoms in total. The molecule has 0 bridgehead atoms. The van der Waals surface area contributed by atoms with E-state index in [9.17, 15) is 4.79 Å². The largest absolute Gasteiger partial charge is 0.298 e. The maximum absolute atomic E-state index is 12.5. The maximum atomic E-state index is 12.5. The molecule has 0 atom stereocenters.